The van der Waals surface area contributed by atoms with Crippen molar-refractivity contribution in [2.24, 2.45) is 23.7 Å². The fourth-order valence-electron chi connectivity index (χ4n) is 3.79. The highest BCUT2D eigenvalue weighted by molar-refractivity contribution is 5.22. The van der Waals surface area contributed by atoms with E-state index in [2.05, 4.69) is 27.7 Å². The van der Waals surface area contributed by atoms with E-state index in [4.69, 9.17) is 0 Å². The van der Waals surface area contributed by atoms with E-state index in [1.807, 2.05) is 5.57 Å². The predicted molar refractivity (Wildman–Crippen MR) is 66.8 cm³/mol. The standard InChI is InChI=1S/C15H26/c1-10(2)13-8-6-12(4)14-7-5-11(3)9-15(13)14/h10-11,13,15H,5-9H2,1-4H3/t11-,13+,15?/m1/s1. The van der Waals surface area contributed by atoms with Crippen LogP contribution in [0.1, 0.15) is 59.8 Å². The molecule has 0 amide bonds. The van der Waals surface area contributed by atoms with Crippen molar-refractivity contribution < 1.29 is 0 Å². The zero-order valence-corrected chi connectivity index (χ0v) is 10.8. The van der Waals surface area contributed by atoms with Crippen LogP contribution in [0.15, 0.2) is 11.1 Å². The third kappa shape index (κ3) is 2.14. The molecule has 2 aliphatic rings. The van der Waals surface area contributed by atoms with E-state index in [1.165, 1.54) is 32.1 Å². The lowest BCUT2D eigenvalue weighted by Gasteiger charge is -2.42. The van der Waals surface area contributed by atoms with Crippen molar-refractivity contribution in [3.63, 3.8) is 0 Å². The summed E-state index contributed by atoms with van der Waals surface area (Å²) in [5, 5.41) is 0. The lowest BCUT2D eigenvalue weighted by Crippen LogP contribution is -2.31. The van der Waals surface area contributed by atoms with Gasteiger partial charge in [-0.25, -0.2) is 0 Å². The maximum absolute atomic E-state index is 2.44. The van der Waals surface area contributed by atoms with Gasteiger partial charge in [0.1, 0.15) is 0 Å². The van der Waals surface area contributed by atoms with Gasteiger partial charge in [-0.05, 0) is 62.7 Å². The SMILES string of the molecule is CC1=C2CC[C@@H](C)CC2[C@H](C(C)C)CC1. The molecular formula is C15H26. The minimum absolute atomic E-state index is 0.878. The Morgan fingerprint density at radius 3 is 2.53 bits per heavy atom. The lowest BCUT2D eigenvalue weighted by molar-refractivity contribution is 0.189. The van der Waals surface area contributed by atoms with Crippen LogP contribution >= 0.6 is 0 Å². The van der Waals surface area contributed by atoms with Crippen molar-refractivity contribution in [3.8, 4) is 0 Å². The fraction of sp³-hybridized carbons (Fsp3) is 0.867. The molecule has 2 aliphatic carbocycles. The first kappa shape index (κ1) is 11.2. The molecule has 0 heterocycles. The summed E-state index contributed by atoms with van der Waals surface area (Å²) in [6, 6.07) is 0. The van der Waals surface area contributed by atoms with Crippen molar-refractivity contribution in [2.75, 3.05) is 0 Å². The Morgan fingerprint density at radius 1 is 1.13 bits per heavy atom. The molecule has 1 fully saturated rings. The van der Waals surface area contributed by atoms with Crippen LogP contribution in [0.3, 0.4) is 0 Å². The minimum atomic E-state index is 0.878. The molecule has 0 aliphatic heterocycles. The molecule has 0 aromatic heterocycles. The molecule has 3 atom stereocenters. The van der Waals surface area contributed by atoms with Crippen LogP contribution in [0.5, 0.6) is 0 Å². The van der Waals surface area contributed by atoms with Gasteiger partial charge in [0, 0.05) is 0 Å². The smallest absolute Gasteiger partial charge is 0.0167 e. The van der Waals surface area contributed by atoms with Crippen LogP contribution in [0.2, 0.25) is 0 Å². The molecule has 0 N–H and O–H groups in total. The summed E-state index contributed by atoms with van der Waals surface area (Å²) >= 11 is 0. The maximum atomic E-state index is 2.44. The van der Waals surface area contributed by atoms with E-state index in [0.29, 0.717) is 0 Å². The van der Waals surface area contributed by atoms with Gasteiger partial charge in [0.15, 0.2) is 0 Å². The van der Waals surface area contributed by atoms with Crippen LogP contribution in [0, 0.1) is 23.7 Å². The maximum Gasteiger partial charge on any atom is -0.0167 e. The topological polar surface area (TPSA) is 0 Å². The van der Waals surface area contributed by atoms with Gasteiger partial charge >= 0.3 is 0 Å². The van der Waals surface area contributed by atoms with Crippen molar-refractivity contribution >= 4 is 0 Å². The monoisotopic (exact) mass is 206 g/mol. The van der Waals surface area contributed by atoms with Crippen LogP contribution < -0.4 is 0 Å². The summed E-state index contributed by atoms with van der Waals surface area (Å²) in [6.45, 7) is 9.66. The highest BCUT2D eigenvalue weighted by atomic mass is 14.4. The van der Waals surface area contributed by atoms with Crippen molar-refractivity contribution in [1.29, 1.82) is 0 Å². The minimum Gasteiger partial charge on any atom is -0.0738 e. The Bertz CT molecular complexity index is 259. The molecule has 1 saturated carbocycles. The van der Waals surface area contributed by atoms with Crippen LogP contribution in [0.25, 0.3) is 0 Å². The highest BCUT2D eigenvalue weighted by Crippen LogP contribution is 2.47. The normalized spacial score (nSPS) is 37.0. The Balaban J connectivity index is 2.22. The van der Waals surface area contributed by atoms with E-state index in [0.717, 1.165) is 23.7 Å². The number of allylic oxidation sites excluding steroid dienone is 2. The summed E-state index contributed by atoms with van der Waals surface area (Å²) in [5.41, 5.74) is 3.60. The molecule has 1 unspecified atom stereocenters. The van der Waals surface area contributed by atoms with Gasteiger partial charge in [-0.2, -0.15) is 0 Å². The van der Waals surface area contributed by atoms with Crippen molar-refractivity contribution in [2.45, 2.75) is 59.8 Å². The molecular weight excluding hydrogens is 180 g/mol. The zero-order chi connectivity index (χ0) is 11.0. The van der Waals surface area contributed by atoms with Gasteiger partial charge in [-0.3, -0.25) is 0 Å². The third-order valence-corrected chi connectivity index (χ3v) is 4.78. The van der Waals surface area contributed by atoms with E-state index in [-0.39, 0.29) is 0 Å². The van der Waals surface area contributed by atoms with Crippen LogP contribution in [-0.4, -0.2) is 0 Å². The van der Waals surface area contributed by atoms with Gasteiger partial charge < -0.3 is 0 Å². The second-order valence-electron chi connectivity index (χ2n) is 6.24. The van der Waals surface area contributed by atoms with Gasteiger partial charge in [-0.15, -0.1) is 0 Å². The number of hydrogen-bond donors (Lipinski definition) is 0. The molecule has 0 aromatic carbocycles. The fourth-order valence-corrected chi connectivity index (χ4v) is 3.79. The quantitative estimate of drug-likeness (QED) is 0.540. The number of rotatable bonds is 1. The average Bonchev–Trinajstić information content (AvgIpc) is 2.17. The molecule has 0 aromatic rings. The second kappa shape index (κ2) is 4.31. The average molecular weight is 206 g/mol. The first-order chi connectivity index (χ1) is 7.09. The summed E-state index contributed by atoms with van der Waals surface area (Å²) in [5.74, 6) is 3.77. The zero-order valence-electron chi connectivity index (χ0n) is 10.8. The van der Waals surface area contributed by atoms with Crippen molar-refractivity contribution in [3.05, 3.63) is 11.1 Å². The largest absolute Gasteiger partial charge is 0.0738 e. The van der Waals surface area contributed by atoms with E-state index in [1.54, 1.807) is 5.57 Å². The molecule has 0 bridgehead atoms. The summed E-state index contributed by atoms with van der Waals surface area (Å²) in [6.07, 6.45) is 7.14. The second-order valence-corrected chi connectivity index (χ2v) is 6.24. The molecule has 0 spiro atoms. The highest BCUT2D eigenvalue weighted by Gasteiger charge is 2.35. The van der Waals surface area contributed by atoms with Crippen LogP contribution in [0.4, 0.5) is 0 Å². The lowest BCUT2D eigenvalue weighted by atomic mass is 9.63. The Morgan fingerprint density at radius 2 is 1.87 bits per heavy atom. The molecule has 2 rings (SSSR count). The third-order valence-electron chi connectivity index (χ3n) is 4.78. The van der Waals surface area contributed by atoms with E-state index >= 15 is 0 Å². The van der Waals surface area contributed by atoms with E-state index in [9.17, 15) is 0 Å². The Kier molecular flexibility index (Phi) is 3.23. The predicted octanol–water partition coefficient (Wildman–Crippen LogP) is 4.81. The molecule has 15 heavy (non-hydrogen) atoms. The Hall–Kier alpha value is -0.260. The van der Waals surface area contributed by atoms with Gasteiger partial charge in [0.25, 0.3) is 0 Å². The molecule has 0 heteroatoms. The summed E-state index contributed by atoms with van der Waals surface area (Å²) < 4.78 is 0. The number of fused-ring (bicyclic) bond motifs is 1. The summed E-state index contributed by atoms with van der Waals surface area (Å²) in [7, 11) is 0. The molecule has 0 radical (unpaired) electrons. The molecule has 0 saturated heterocycles. The van der Waals surface area contributed by atoms with Crippen LogP contribution in [-0.2, 0) is 0 Å². The van der Waals surface area contributed by atoms with Gasteiger partial charge in [0.2, 0.25) is 0 Å². The molecule has 86 valence electrons. The first-order valence-corrected chi connectivity index (χ1v) is 6.78. The first-order valence-electron chi connectivity index (χ1n) is 6.78. The number of hydrogen-bond acceptors (Lipinski definition) is 0. The Labute approximate surface area is 95.1 Å². The summed E-state index contributed by atoms with van der Waals surface area (Å²) in [4.78, 5) is 0. The van der Waals surface area contributed by atoms with E-state index < -0.39 is 0 Å². The molecule has 0 nitrogen and oxygen atoms in total. The van der Waals surface area contributed by atoms with Gasteiger partial charge in [-0.1, -0.05) is 31.9 Å². The van der Waals surface area contributed by atoms with Crippen molar-refractivity contribution in [1.82, 2.24) is 0 Å². The van der Waals surface area contributed by atoms with Gasteiger partial charge in [0.05, 0.1) is 0 Å².